The molecule has 0 amide bonds. The average Bonchev–Trinajstić information content (AvgIpc) is 2.37. The Hall–Kier alpha value is -1.75. The molecule has 0 aliphatic heterocycles. The molecule has 0 atom stereocenters. The van der Waals surface area contributed by atoms with Gasteiger partial charge in [0.15, 0.2) is 0 Å². The number of benzene rings is 1. The van der Waals surface area contributed by atoms with E-state index in [1.807, 2.05) is 25.3 Å². The summed E-state index contributed by atoms with van der Waals surface area (Å²) in [7, 11) is 1.12. The van der Waals surface area contributed by atoms with Gasteiger partial charge in [-0.05, 0) is 25.3 Å². The van der Waals surface area contributed by atoms with Crippen molar-refractivity contribution in [2.75, 3.05) is 13.4 Å². The molecule has 0 aromatic heterocycles. The number of ether oxygens (including phenoxy) is 1. The molecule has 0 aliphatic carbocycles. The zero-order chi connectivity index (χ0) is 13.7. The van der Waals surface area contributed by atoms with E-state index in [-0.39, 0.29) is 5.76 Å². The second kappa shape index (κ2) is 6.26. The minimum atomic E-state index is -1.00. The van der Waals surface area contributed by atoms with Gasteiger partial charge in [0.05, 0.1) is 7.11 Å². The van der Waals surface area contributed by atoms with E-state index in [1.165, 1.54) is 11.8 Å². The molecule has 0 radical (unpaired) electrons. The third kappa shape index (κ3) is 3.37. The summed E-state index contributed by atoms with van der Waals surface area (Å²) in [4.78, 5) is 23.1. The van der Waals surface area contributed by atoms with Crippen molar-refractivity contribution in [1.29, 1.82) is 0 Å². The summed E-state index contributed by atoms with van der Waals surface area (Å²) in [5.74, 6) is -2.12. The molecule has 0 bridgehead atoms. The number of hydrogen-bond donors (Lipinski definition) is 1. The van der Waals surface area contributed by atoms with E-state index in [1.54, 1.807) is 6.07 Å². The number of ketones is 1. The van der Waals surface area contributed by atoms with Crippen molar-refractivity contribution in [2.45, 2.75) is 11.8 Å². The van der Waals surface area contributed by atoms with Gasteiger partial charge in [0, 0.05) is 16.5 Å². The molecule has 1 rings (SSSR count). The lowest BCUT2D eigenvalue weighted by Gasteiger charge is -2.07. The highest BCUT2D eigenvalue weighted by Gasteiger charge is 2.14. The largest absolute Gasteiger partial charge is 0.507 e. The Bertz CT molecular complexity index is 506. The summed E-state index contributed by atoms with van der Waals surface area (Å²) in [5.41, 5.74) is 1.48. The van der Waals surface area contributed by atoms with Crippen LogP contribution in [0.4, 0.5) is 0 Å². The number of esters is 1. The molecule has 0 saturated carbocycles. The van der Waals surface area contributed by atoms with Crippen LogP contribution in [0.1, 0.15) is 11.1 Å². The monoisotopic (exact) mass is 266 g/mol. The van der Waals surface area contributed by atoms with Crippen LogP contribution < -0.4 is 0 Å². The van der Waals surface area contributed by atoms with Gasteiger partial charge in [0.1, 0.15) is 5.76 Å². The topological polar surface area (TPSA) is 63.6 Å². The maximum Gasteiger partial charge on any atom is 0.378 e. The van der Waals surface area contributed by atoms with Crippen LogP contribution in [0.25, 0.3) is 5.76 Å². The molecule has 0 aliphatic rings. The molecule has 96 valence electrons. The summed E-state index contributed by atoms with van der Waals surface area (Å²) in [6.07, 6.45) is 2.74. The van der Waals surface area contributed by atoms with Crippen LogP contribution in [-0.4, -0.2) is 30.2 Å². The van der Waals surface area contributed by atoms with Crippen LogP contribution in [0.3, 0.4) is 0 Å². The van der Waals surface area contributed by atoms with Gasteiger partial charge in [-0.1, -0.05) is 11.6 Å². The van der Waals surface area contributed by atoms with Gasteiger partial charge in [0.25, 0.3) is 5.78 Å². The number of thioether (sulfide) groups is 1. The molecule has 1 aromatic rings. The number of aliphatic hydroxyl groups excluding tert-OH is 1. The maximum absolute atomic E-state index is 11.3. The zero-order valence-electron chi connectivity index (χ0n) is 10.4. The molecule has 0 fully saturated rings. The molecule has 0 saturated heterocycles. The first-order chi connectivity index (χ1) is 8.49. The van der Waals surface area contributed by atoms with Crippen LogP contribution >= 0.6 is 11.8 Å². The number of methoxy groups -OCH3 is 1. The van der Waals surface area contributed by atoms with E-state index in [0.717, 1.165) is 23.6 Å². The summed E-state index contributed by atoms with van der Waals surface area (Å²) in [5, 5.41) is 9.89. The lowest BCUT2D eigenvalue weighted by atomic mass is 10.1. The normalized spacial score (nSPS) is 11.2. The molecule has 1 N–H and O–H groups in total. The number of rotatable bonds is 4. The molecule has 0 unspecified atom stereocenters. The summed E-state index contributed by atoms with van der Waals surface area (Å²) < 4.78 is 4.28. The third-order valence-electron chi connectivity index (χ3n) is 2.29. The second-order valence-corrected chi connectivity index (χ2v) is 4.44. The molecule has 0 heterocycles. The van der Waals surface area contributed by atoms with Gasteiger partial charge in [-0.3, -0.25) is 4.79 Å². The molecular formula is C13H14O4S. The van der Waals surface area contributed by atoms with Crippen molar-refractivity contribution >= 4 is 29.3 Å². The first kappa shape index (κ1) is 14.3. The van der Waals surface area contributed by atoms with Crippen molar-refractivity contribution in [2.24, 2.45) is 0 Å². The van der Waals surface area contributed by atoms with E-state index in [4.69, 9.17) is 0 Å². The Balaban J connectivity index is 3.13. The summed E-state index contributed by atoms with van der Waals surface area (Å²) in [6.45, 7) is 1.88. The van der Waals surface area contributed by atoms with Gasteiger partial charge in [-0.2, -0.15) is 0 Å². The fraction of sp³-hybridized carbons (Fsp3) is 0.231. The Morgan fingerprint density at radius 3 is 2.61 bits per heavy atom. The number of carbonyl (C=O) groups excluding carboxylic acids is 2. The first-order valence-electron chi connectivity index (χ1n) is 5.17. The fourth-order valence-corrected chi connectivity index (χ4v) is 1.97. The van der Waals surface area contributed by atoms with Crippen molar-refractivity contribution in [3.63, 3.8) is 0 Å². The Labute approximate surface area is 110 Å². The Kier molecular flexibility index (Phi) is 4.97. The number of hydrogen-bond acceptors (Lipinski definition) is 5. The maximum atomic E-state index is 11.3. The molecule has 18 heavy (non-hydrogen) atoms. The van der Waals surface area contributed by atoms with Crippen LogP contribution in [0.2, 0.25) is 0 Å². The van der Waals surface area contributed by atoms with Gasteiger partial charge in [-0.15, -0.1) is 11.8 Å². The van der Waals surface area contributed by atoms with Crippen LogP contribution in [0, 0.1) is 6.92 Å². The standard InChI is InChI=1S/C13H14O4S/c1-8-4-5-12(18-3)9(6-8)10(14)7-11(15)13(16)17-2/h4-7,14H,1-3H3/b10-7-. The average molecular weight is 266 g/mol. The quantitative estimate of drug-likeness (QED) is 0.298. The van der Waals surface area contributed by atoms with E-state index < -0.39 is 11.8 Å². The SMILES string of the molecule is COC(=O)C(=O)/C=C(\O)c1cc(C)ccc1SC. The van der Waals surface area contributed by atoms with Crippen molar-refractivity contribution < 1.29 is 19.4 Å². The van der Waals surface area contributed by atoms with E-state index in [0.29, 0.717) is 5.56 Å². The zero-order valence-corrected chi connectivity index (χ0v) is 11.2. The van der Waals surface area contributed by atoms with Gasteiger partial charge < -0.3 is 9.84 Å². The summed E-state index contributed by atoms with van der Waals surface area (Å²) >= 11 is 1.45. The molecule has 1 aromatic carbocycles. The fourth-order valence-electron chi connectivity index (χ4n) is 1.38. The van der Waals surface area contributed by atoms with Crippen molar-refractivity contribution in [3.05, 3.63) is 35.4 Å². The van der Waals surface area contributed by atoms with Crippen molar-refractivity contribution in [1.82, 2.24) is 0 Å². The lowest BCUT2D eigenvalue weighted by molar-refractivity contribution is -0.149. The summed E-state index contributed by atoms with van der Waals surface area (Å²) in [6, 6.07) is 5.51. The van der Waals surface area contributed by atoms with Crippen LogP contribution in [-0.2, 0) is 14.3 Å². The Morgan fingerprint density at radius 2 is 2.06 bits per heavy atom. The lowest BCUT2D eigenvalue weighted by Crippen LogP contribution is -2.13. The number of aliphatic hydroxyl groups is 1. The van der Waals surface area contributed by atoms with Crippen LogP contribution in [0.15, 0.2) is 29.2 Å². The smallest absolute Gasteiger partial charge is 0.378 e. The number of aryl methyl sites for hydroxylation is 1. The highest BCUT2D eigenvalue weighted by Crippen LogP contribution is 2.26. The van der Waals surface area contributed by atoms with Crippen LogP contribution in [0.5, 0.6) is 0 Å². The van der Waals surface area contributed by atoms with Crippen molar-refractivity contribution in [3.8, 4) is 0 Å². The van der Waals surface area contributed by atoms with Gasteiger partial charge in [-0.25, -0.2) is 4.79 Å². The van der Waals surface area contributed by atoms with Gasteiger partial charge in [0.2, 0.25) is 0 Å². The van der Waals surface area contributed by atoms with Gasteiger partial charge >= 0.3 is 5.97 Å². The minimum Gasteiger partial charge on any atom is -0.507 e. The second-order valence-electron chi connectivity index (χ2n) is 3.59. The van der Waals surface area contributed by atoms with E-state index >= 15 is 0 Å². The molecule has 4 nitrogen and oxygen atoms in total. The predicted molar refractivity (Wildman–Crippen MR) is 70.6 cm³/mol. The third-order valence-corrected chi connectivity index (χ3v) is 3.08. The number of carbonyl (C=O) groups is 2. The van der Waals surface area contributed by atoms with E-state index in [9.17, 15) is 14.7 Å². The van der Waals surface area contributed by atoms with E-state index in [2.05, 4.69) is 4.74 Å². The molecule has 0 spiro atoms. The highest BCUT2D eigenvalue weighted by molar-refractivity contribution is 7.98. The molecule has 5 heteroatoms. The predicted octanol–water partition coefficient (Wildman–Crippen LogP) is 2.36. The first-order valence-corrected chi connectivity index (χ1v) is 6.40. The Morgan fingerprint density at radius 1 is 1.39 bits per heavy atom. The highest BCUT2D eigenvalue weighted by atomic mass is 32.2. The molecular weight excluding hydrogens is 252 g/mol. The minimum absolute atomic E-state index is 0.238.